The Bertz CT molecular complexity index is 556. The average molecular weight is 262 g/mol. The highest BCUT2D eigenvalue weighted by Gasteiger charge is 2.17. The zero-order chi connectivity index (χ0) is 13.8. The summed E-state index contributed by atoms with van der Waals surface area (Å²) in [5, 5.41) is 0. The normalized spacial score (nSPS) is 12.4. The van der Waals surface area contributed by atoms with Crippen molar-refractivity contribution in [3.05, 3.63) is 70.8 Å². The lowest BCUT2D eigenvalue weighted by molar-refractivity contribution is 0.500. The first-order valence-corrected chi connectivity index (χ1v) is 6.07. The maximum Gasteiger partial charge on any atom is 0.130 e. The Hall–Kier alpha value is -1.78. The number of benzene rings is 2. The fourth-order valence-electron chi connectivity index (χ4n) is 2.06. The van der Waals surface area contributed by atoms with Gasteiger partial charge < -0.3 is 0 Å². The van der Waals surface area contributed by atoms with Crippen LogP contribution in [0, 0.1) is 18.6 Å². The highest BCUT2D eigenvalue weighted by Crippen LogP contribution is 2.23. The van der Waals surface area contributed by atoms with Crippen LogP contribution in [0.3, 0.4) is 0 Å². The van der Waals surface area contributed by atoms with Gasteiger partial charge in [0.2, 0.25) is 0 Å². The zero-order valence-corrected chi connectivity index (χ0v) is 10.7. The summed E-state index contributed by atoms with van der Waals surface area (Å²) in [6, 6.07) is 11.6. The number of aryl methyl sites for hydroxylation is 1. The van der Waals surface area contributed by atoms with Crippen molar-refractivity contribution in [1.29, 1.82) is 0 Å². The zero-order valence-electron chi connectivity index (χ0n) is 10.7. The van der Waals surface area contributed by atoms with Gasteiger partial charge in [-0.3, -0.25) is 11.3 Å². The molecule has 2 aromatic rings. The van der Waals surface area contributed by atoms with Crippen LogP contribution in [0.5, 0.6) is 0 Å². The van der Waals surface area contributed by atoms with Crippen molar-refractivity contribution in [1.82, 2.24) is 5.43 Å². The molecule has 0 radical (unpaired) electrons. The van der Waals surface area contributed by atoms with E-state index in [4.69, 9.17) is 5.84 Å². The van der Waals surface area contributed by atoms with E-state index in [2.05, 4.69) is 5.43 Å². The summed E-state index contributed by atoms with van der Waals surface area (Å²) in [6.45, 7) is 1.61. The molecule has 4 heteroatoms. The first-order valence-electron chi connectivity index (χ1n) is 6.07. The second kappa shape index (κ2) is 5.91. The van der Waals surface area contributed by atoms with Crippen LogP contribution in [0.4, 0.5) is 8.78 Å². The standard InChI is InChI=1S/C15H16F2N2/c1-10-7-12(14(17)9-13(10)16)15(19-18)8-11-5-3-2-4-6-11/h2-7,9,15,19H,8,18H2,1H3. The van der Waals surface area contributed by atoms with Gasteiger partial charge in [0.25, 0.3) is 0 Å². The first-order chi connectivity index (χ1) is 9.11. The van der Waals surface area contributed by atoms with Crippen LogP contribution in [0.15, 0.2) is 42.5 Å². The van der Waals surface area contributed by atoms with Gasteiger partial charge in [0.05, 0.1) is 6.04 Å². The summed E-state index contributed by atoms with van der Waals surface area (Å²) in [6.07, 6.45) is 0.541. The van der Waals surface area contributed by atoms with E-state index in [-0.39, 0.29) is 6.04 Å². The van der Waals surface area contributed by atoms with Gasteiger partial charge in [0.1, 0.15) is 11.6 Å². The Morgan fingerprint density at radius 1 is 1.11 bits per heavy atom. The fraction of sp³-hybridized carbons (Fsp3) is 0.200. The summed E-state index contributed by atoms with van der Waals surface area (Å²) >= 11 is 0. The maximum atomic E-state index is 13.8. The van der Waals surface area contributed by atoms with Gasteiger partial charge in [-0.2, -0.15) is 0 Å². The minimum atomic E-state index is -0.581. The number of nitrogens with one attached hydrogen (secondary N) is 1. The van der Waals surface area contributed by atoms with E-state index in [0.717, 1.165) is 11.6 Å². The van der Waals surface area contributed by atoms with Gasteiger partial charge in [-0.05, 0) is 30.5 Å². The molecule has 1 atom stereocenters. The van der Waals surface area contributed by atoms with Crippen molar-refractivity contribution in [2.24, 2.45) is 5.84 Å². The lowest BCUT2D eigenvalue weighted by Gasteiger charge is -2.18. The van der Waals surface area contributed by atoms with E-state index in [1.54, 1.807) is 6.92 Å². The third-order valence-electron chi connectivity index (χ3n) is 3.14. The fourth-order valence-corrected chi connectivity index (χ4v) is 2.06. The second-order valence-corrected chi connectivity index (χ2v) is 4.53. The summed E-state index contributed by atoms with van der Waals surface area (Å²) in [5.41, 5.74) is 4.41. The molecule has 1 unspecified atom stereocenters. The van der Waals surface area contributed by atoms with E-state index >= 15 is 0 Å². The second-order valence-electron chi connectivity index (χ2n) is 4.53. The van der Waals surface area contributed by atoms with Gasteiger partial charge in [0.15, 0.2) is 0 Å². The predicted octanol–water partition coefficient (Wildman–Crippen LogP) is 3.02. The van der Waals surface area contributed by atoms with E-state index in [0.29, 0.717) is 17.5 Å². The minimum Gasteiger partial charge on any atom is -0.271 e. The molecule has 2 nitrogen and oxygen atoms in total. The Kier molecular flexibility index (Phi) is 4.24. The van der Waals surface area contributed by atoms with Crippen LogP contribution in [0.2, 0.25) is 0 Å². The number of hydrogen-bond acceptors (Lipinski definition) is 2. The molecule has 0 aliphatic carbocycles. The largest absolute Gasteiger partial charge is 0.271 e. The molecule has 0 aromatic heterocycles. The quantitative estimate of drug-likeness (QED) is 0.656. The summed E-state index contributed by atoms with van der Waals surface area (Å²) in [5.74, 6) is 4.37. The molecule has 100 valence electrons. The molecule has 0 heterocycles. The monoisotopic (exact) mass is 262 g/mol. The van der Waals surface area contributed by atoms with E-state index in [9.17, 15) is 8.78 Å². The lowest BCUT2D eigenvalue weighted by Crippen LogP contribution is -2.30. The molecule has 0 amide bonds. The van der Waals surface area contributed by atoms with Gasteiger partial charge in [-0.15, -0.1) is 0 Å². The average Bonchev–Trinajstić information content (AvgIpc) is 2.42. The van der Waals surface area contributed by atoms with Crippen LogP contribution in [0.1, 0.15) is 22.7 Å². The molecule has 0 aliphatic rings. The van der Waals surface area contributed by atoms with Crippen molar-refractivity contribution in [3.63, 3.8) is 0 Å². The Balaban J connectivity index is 2.30. The molecular weight excluding hydrogens is 246 g/mol. The third-order valence-corrected chi connectivity index (χ3v) is 3.14. The van der Waals surface area contributed by atoms with Crippen LogP contribution < -0.4 is 11.3 Å². The SMILES string of the molecule is Cc1cc(C(Cc2ccccc2)NN)c(F)cc1F. The molecular formula is C15H16F2N2. The topological polar surface area (TPSA) is 38.0 Å². The van der Waals surface area contributed by atoms with E-state index in [1.807, 2.05) is 30.3 Å². The number of nitrogens with two attached hydrogens (primary N) is 1. The number of halogens is 2. The number of hydrogen-bond donors (Lipinski definition) is 2. The number of rotatable bonds is 4. The molecule has 0 saturated heterocycles. The lowest BCUT2D eigenvalue weighted by atomic mass is 9.97. The van der Waals surface area contributed by atoms with Crippen molar-refractivity contribution >= 4 is 0 Å². The van der Waals surface area contributed by atoms with Gasteiger partial charge >= 0.3 is 0 Å². The first kappa shape index (κ1) is 13.6. The van der Waals surface area contributed by atoms with Crippen molar-refractivity contribution in [2.45, 2.75) is 19.4 Å². The van der Waals surface area contributed by atoms with Crippen LogP contribution in [-0.4, -0.2) is 0 Å². The Morgan fingerprint density at radius 3 is 2.42 bits per heavy atom. The highest BCUT2D eigenvalue weighted by atomic mass is 19.1. The van der Waals surface area contributed by atoms with Crippen LogP contribution in [0.25, 0.3) is 0 Å². The molecule has 0 saturated carbocycles. The Labute approximate surface area is 111 Å². The molecule has 2 aromatic carbocycles. The summed E-state index contributed by atoms with van der Waals surface area (Å²) < 4.78 is 27.1. The molecule has 0 bridgehead atoms. The van der Waals surface area contributed by atoms with Crippen molar-refractivity contribution in [2.75, 3.05) is 0 Å². The van der Waals surface area contributed by atoms with Crippen molar-refractivity contribution in [3.8, 4) is 0 Å². The van der Waals surface area contributed by atoms with Gasteiger partial charge in [-0.1, -0.05) is 30.3 Å². The summed E-state index contributed by atoms with van der Waals surface area (Å²) in [7, 11) is 0. The Morgan fingerprint density at radius 2 is 1.79 bits per heavy atom. The van der Waals surface area contributed by atoms with Crippen LogP contribution >= 0.6 is 0 Å². The molecule has 0 aliphatic heterocycles. The van der Waals surface area contributed by atoms with E-state index < -0.39 is 11.6 Å². The smallest absolute Gasteiger partial charge is 0.130 e. The third kappa shape index (κ3) is 3.16. The summed E-state index contributed by atoms with van der Waals surface area (Å²) in [4.78, 5) is 0. The van der Waals surface area contributed by atoms with E-state index in [1.165, 1.54) is 6.07 Å². The highest BCUT2D eigenvalue weighted by molar-refractivity contribution is 5.30. The van der Waals surface area contributed by atoms with Gasteiger partial charge in [0, 0.05) is 11.6 Å². The maximum absolute atomic E-state index is 13.8. The molecule has 0 fully saturated rings. The predicted molar refractivity (Wildman–Crippen MR) is 71.3 cm³/mol. The molecule has 2 rings (SSSR count). The minimum absolute atomic E-state index is 0.380. The van der Waals surface area contributed by atoms with Crippen LogP contribution in [-0.2, 0) is 6.42 Å². The molecule has 0 spiro atoms. The molecule has 3 N–H and O–H groups in total. The van der Waals surface area contributed by atoms with Gasteiger partial charge in [-0.25, -0.2) is 8.78 Å². The molecule has 19 heavy (non-hydrogen) atoms. The number of hydrazine groups is 1. The van der Waals surface area contributed by atoms with Crippen molar-refractivity contribution < 1.29 is 8.78 Å².